The Morgan fingerprint density at radius 2 is 1.91 bits per heavy atom. The Hall–Kier alpha value is -2.48. The first-order valence-electron chi connectivity index (χ1n) is 6.45. The molecule has 0 unspecified atom stereocenters. The first-order valence-corrected chi connectivity index (χ1v) is 7.44. The molecule has 2 rings (SSSR count). The van der Waals surface area contributed by atoms with E-state index in [4.69, 9.17) is 0 Å². The maximum atomic E-state index is 11.0. The SMILES string of the molecule is Cc1cccc(CCSc2ccc([N+](=O)[O-])cc2[N+](=O)[O-])n1. The third-order valence-corrected chi connectivity index (χ3v) is 3.98. The minimum atomic E-state index is -0.641. The van der Waals surface area contributed by atoms with Crippen LogP contribution in [0, 0.1) is 27.2 Å². The monoisotopic (exact) mass is 319 g/mol. The van der Waals surface area contributed by atoms with Gasteiger partial charge in [-0.25, -0.2) is 0 Å². The molecule has 0 aliphatic heterocycles. The van der Waals surface area contributed by atoms with E-state index in [2.05, 4.69) is 4.98 Å². The number of pyridine rings is 1. The fraction of sp³-hybridized carbons (Fsp3) is 0.214. The first-order chi connectivity index (χ1) is 10.5. The number of thioether (sulfide) groups is 1. The molecule has 1 heterocycles. The lowest BCUT2D eigenvalue weighted by molar-refractivity contribution is -0.396. The molecule has 1 aromatic heterocycles. The summed E-state index contributed by atoms with van der Waals surface area (Å²) >= 11 is 1.29. The zero-order valence-electron chi connectivity index (χ0n) is 11.8. The van der Waals surface area contributed by atoms with Gasteiger partial charge in [0.1, 0.15) is 0 Å². The van der Waals surface area contributed by atoms with Gasteiger partial charge in [0.25, 0.3) is 11.4 Å². The summed E-state index contributed by atoms with van der Waals surface area (Å²) < 4.78 is 0. The van der Waals surface area contributed by atoms with Crippen LogP contribution in [0.3, 0.4) is 0 Å². The van der Waals surface area contributed by atoms with Crippen LogP contribution in [-0.4, -0.2) is 20.6 Å². The van der Waals surface area contributed by atoms with Gasteiger partial charge in [-0.1, -0.05) is 6.07 Å². The van der Waals surface area contributed by atoms with E-state index in [0.717, 1.165) is 17.5 Å². The Morgan fingerprint density at radius 3 is 2.55 bits per heavy atom. The van der Waals surface area contributed by atoms with Crippen LogP contribution in [0.5, 0.6) is 0 Å². The van der Waals surface area contributed by atoms with E-state index in [1.165, 1.54) is 23.9 Å². The van der Waals surface area contributed by atoms with Gasteiger partial charge in [0.15, 0.2) is 0 Å². The van der Waals surface area contributed by atoms with E-state index in [9.17, 15) is 20.2 Å². The van der Waals surface area contributed by atoms with E-state index >= 15 is 0 Å². The van der Waals surface area contributed by atoms with Crippen molar-refractivity contribution in [2.75, 3.05) is 5.75 Å². The Labute approximate surface area is 130 Å². The van der Waals surface area contributed by atoms with Crippen molar-refractivity contribution < 1.29 is 9.85 Å². The summed E-state index contributed by atoms with van der Waals surface area (Å²) in [5, 5.41) is 21.7. The largest absolute Gasteiger partial charge is 0.289 e. The summed E-state index contributed by atoms with van der Waals surface area (Å²) in [6.45, 7) is 1.90. The highest BCUT2D eigenvalue weighted by atomic mass is 32.2. The normalized spacial score (nSPS) is 10.4. The van der Waals surface area contributed by atoms with Crippen LogP contribution in [0.1, 0.15) is 11.4 Å². The molecule has 114 valence electrons. The highest BCUT2D eigenvalue weighted by molar-refractivity contribution is 7.99. The lowest BCUT2D eigenvalue weighted by atomic mass is 10.3. The highest BCUT2D eigenvalue weighted by Crippen LogP contribution is 2.32. The molecule has 2 aromatic rings. The van der Waals surface area contributed by atoms with Crippen LogP contribution in [0.15, 0.2) is 41.3 Å². The molecule has 22 heavy (non-hydrogen) atoms. The third kappa shape index (κ3) is 4.01. The number of rotatable bonds is 6. The molecule has 0 saturated heterocycles. The maximum absolute atomic E-state index is 11.0. The molecule has 0 fully saturated rings. The number of non-ortho nitro benzene ring substituents is 1. The molecule has 0 N–H and O–H groups in total. The van der Waals surface area contributed by atoms with Crippen LogP contribution < -0.4 is 0 Å². The fourth-order valence-corrected chi connectivity index (χ4v) is 2.87. The van der Waals surface area contributed by atoms with Crippen molar-refractivity contribution in [2.45, 2.75) is 18.2 Å². The van der Waals surface area contributed by atoms with Gasteiger partial charge in [-0.05, 0) is 31.5 Å². The average molecular weight is 319 g/mol. The van der Waals surface area contributed by atoms with Gasteiger partial charge < -0.3 is 0 Å². The molecular formula is C14H13N3O4S. The summed E-state index contributed by atoms with van der Waals surface area (Å²) in [4.78, 5) is 25.3. The van der Waals surface area contributed by atoms with E-state index in [0.29, 0.717) is 17.1 Å². The second-order valence-corrected chi connectivity index (χ2v) is 5.67. The second kappa shape index (κ2) is 6.99. The summed E-state index contributed by atoms with van der Waals surface area (Å²) in [6.07, 6.45) is 0.667. The van der Waals surface area contributed by atoms with Crippen LogP contribution >= 0.6 is 11.8 Å². The van der Waals surface area contributed by atoms with E-state index in [1.54, 1.807) is 0 Å². The fourth-order valence-electron chi connectivity index (χ4n) is 1.89. The lowest BCUT2D eigenvalue weighted by Crippen LogP contribution is -1.97. The molecule has 0 aliphatic carbocycles. The Balaban J connectivity index is 2.09. The minimum Gasteiger partial charge on any atom is -0.258 e. The summed E-state index contributed by atoms with van der Waals surface area (Å²) in [6, 6.07) is 9.41. The Kier molecular flexibility index (Phi) is 5.05. The lowest BCUT2D eigenvalue weighted by Gasteiger charge is -2.04. The minimum absolute atomic E-state index is 0.239. The molecule has 0 radical (unpaired) electrons. The van der Waals surface area contributed by atoms with Gasteiger partial charge >= 0.3 is 0 Å². The standard InChI is InChI=1S/C14H13N3O4S/c1-10-3-2-4-11(15-10)7-8-22-14-6-5-12(16(18)19)9-13(14)17(20)21/h2-6,9H,7-8H2,1H3. The van der Waals surface area contributed by atoms with Gasteiger partial charge in [-0.2, -0.15) is 0 Å². The second-order valence-electron chi connectivity index (χ2n) is 4.54. The van der Waals surface area contributed by atoms with Crippen molar-refractivity contribution in [3.63, 3.8) is 0 Å². The summed E-state index contributed by atoms with van der Waals surface area (Å²) in [5.74, 6) is 0.606. The summed E-state index contributed by atoms with van der Waals surface area (Å²) in [7, 11) is 0. The Bertz CT molecular complexity index is 721. The third-order valence-electron chi connectivity index (χ3n) is 2.91. The number of nitrogens with zero attached hydrogens (tertiary/aromatic N) is 3. The molecule has 0 bridgehead atoms. The zero-order chi connectivity index (χ0) is 16.1. The number of hydrogen-bond donors (Lipinski definition) is 0. The average Bonchev–Trinajstić information content (AvgIpc) is 2.47. The van der Waals surface area contributed by atoms with E-state index in [-0.39, 0.29) is 11.4 Å². The quantitative estimate of drug-likeness (QED) is 0.458. The van der Waals surface area contributed by atoms with Gasteiger partial charge in [0.2, 0.25) is 0 Å². The van der Waals surface area contributed by atoms with Crippen molar-refractivity contribution in [3.05, 3.63) is 68.0 Å². The molecule has 0 amide bonds. The van der Waals surface area contributed by atoms with Crippen molar-refractivity contribution in [3.8, 4) is 0 Å². The number of aromatic nitrogens is 1. The maximum Gasteiger partial charge on any atom is 0.289 e. The van der Waals surface area contributed by atoms with Gasteiger partial charge in [0, 0.05) is 23.2 Å². The van der Waals surface area contributed by atoms with Gasteiger partial charge in [-0.3, -0.25) is 25.2 Å². The van der Waals surface area contributed by atoms with Crippen molar-refractivity contribution in [1.29, 1.82) is 0 Å². The molecule has 0 saturated carbocycles. The Morgan fingerprint density at radius 1 is 1.14 bits per heavy atom. The predicted octanol–water partition coefficient (Wildman–Crippen LogP) is 3.54. The van der Waals surface area contributed by atoms with Crippen LogP contribution in [-0.2, 0) is 6.42 Å². The van der Waals surface area contributed by atoms with Gasteiger partial charge in [0.05, 0.1) is 20.8 Å². The predicted molar refractivity (Wildman–Crippen MR) is 83.2 cm³/mol. The number of aryl methyl sites for hydroxylation is 2. The molecule has 0 aliphatic rings. The van der Waals surface area contributed by atoms with Crippen LogP contribution in [0.4, 0.5) is 11.4 Å². The summed E-state index contributed by atoms with van der Waals surface area (Å²) in [5.41, 5.74) is 1.31. The van der Waals surface area contributed by atoms with Crippen LogP contribution in [0.25, 0.3) is 0 Å². The topological polar surface area (TPSA) is 99.2 Å². The molecule has 7 nitrogen and oxygen atoms in total. The van der Waals surface area contributed by atoms with E-state index in [1.807, 2.05) is 25.1 Å². The highest BCUT2D eigenvalue weighted by Gasteiger charge is 2.19. The first kappa shape index (κ1) is 15.9. The number of nitro benzene ring substituents is 2. The molecule has 0 atom stereocenters. The molecule has 8 heteroatoms. The molecule has 0 spiro atoms. The number of hydrogen-bond acceptors (Lipinski definition) is 6. The smallest absolute Gasteiger partial charge is 0.258 e. The van der Waals surface area contributed by atoms with Crippen molar-refractivity contribution in [2.24, 2.45) is 0 Å². The number of nitro groups is 2. The van der Waals surface area contributed by atoms with E-state index < -0.39 is 9.85 Å². The van der Waals surface area contributed by atoms with Crippen molar-refractivity contribution in [1.82, 2.24) is 4.98 Å². The van der Waals surface area contributed by atoms with Crippen LogP contribution in [0.2, 0.25) is 0 Å². The molecular weight excluding hydrogens is 306 g/mol. The van der Waals surface area contributed by atoms with Gasteiger partial charge in [-0.15, -0.1) is 11.8 Å². The zero-order valence-corrected chi connectivity index (χ0v) is 12.6. The number of benzene rings is 1. The van der Waals surface area contributed by atoms with Crippen molar-refractivity contribution >= 4 is 23.1 Å². The molecule has 1 aromatic carbocycles.